The fourth-order valence-corrected chi connectivity index (χ4v) is 2.61. The molecule has 1 atom stereocenters. The molecule has 6 heteroatoms. The first kappa shape index (κ1) is 14.6. The van der Waals surface area contributed by atoms with E-state index in [1.807, 2.05) is 0 Å². The van der Waals surface area contributed by atoms with Crippen LogP contribution < -0.4 is 0 Å². The predicted octanol–water partition coefficient (Wildman–Crippen LogP) is 4.00. The Labute approximate surface area is 123 Å². The monoisotopic (exact) mass is 310 g/mol. The molecule has 1 aliphatic rings. The molecule has 0 aromatic heterocycles. The number of carbonyl (C=O) groups is 1. The number of fused-ring (bicyclic) bond motifs is 1. The van der Waals surface area contributed by atoms with E-state index in [2.05, 4.69) is 0 Å². The summed E-state index contributed by atoms with van der Waals surface area (Å²) in [5, 5.41) is 0. The van der Waals surface area contributed by atoms with E-state index in [0.29, 0.717) is 0 Å². The lowest BCUT2D eigenvalue weighted by molar-refractivity contribution is -0.267. The van der Waals surface area contributed by atoms with E-state index in [1.54, 1.807) is 12.1 Å². The molecule has 0 radical (unpaired) electrons. The van der Waals surface area contributed by atoms with Gasteiger partial charge in [0.05, 0.1) is 5.56 Å². The number of benzene rings is 2. The van der Waals surface area contributed by atoms with Crippen molar-refractivity contribution in [3.05, 3.63) is 71.0 Å². The number of cyclic esters (lactones) is 1. The number of ether oxygens (including phenoxy) is 1. The van der Waals surface area contributed by atoms with Gasteiger partial charge in [-0.1, -0.05) is 30.3 Å². The van der Waals surface area contributed by atoms with Gasteiger partial charge < -0.3 is 4.74 Å². The molecule has 2 nitrogen and oxygen atoms in total. The Morgan fingerprint density at radius 1 is 1.05 bits per heavy atom. The minimum atomic E-state index is -4.87. The van der Waals surface area contributed by atoms with Gasteiger partial charge in [-0.15, -0.1) is 0 Å². The predicted molar refractivity (Wildman–Crippen MR) is 69.7 cm³/mol. The van der Waals surface area contributed by atoms with Gasteiger partial charge in [0, 0.05) is 12.0 Å². The van der Waals surface area contributed by atoms with Crippen molar-refractivity contribution in [1.29, 1.82) is 0 Å². The Bertz CT molecular complexity index is 739. The lowest BCUT2D eigenvalue weighted by atomic mass is 9.82. The van der Waals surface area contributed by atoms with Crippen LogP contribution in [0.25, 0.3) is 0 Å². The van der Waals surface area contributed by atoms with Crippen molar-refractivity contribution in [2.24, 2.45) is 0 Å². The van der Waals surface area contributed by atoms with Crippen LogP contribution in [0.4, 0.5) is 17.6 Å². The second-order valence-electron chi connectivity index (χ2n) is 5.06. The van der Waals surface area contributed by atoms with E-state index in [1.165, 1.54) is 12.1 Å². The summed E-state index contributed by atoms with van der Waals surface area (Å²) in [5.74, 6) is -1.89. The highest BCUT2D eigenvalue weighted by molar-refractivity contribution is 5.92. The molecule has 0 N–H and O–H groups in total. The standard InChI is InChI=1S/C16H10F4O2/c17-12-6-3-5-11(8-12)15(16(18,19)20)9-10-4-1-2-7-13(10)14(21)22-15/h1-8H,9H2/t15-/m0/s1. The van der Waals surface area contributed by atoms with Gasteiger partial charge in [0.1, 0.15) is 5.82 Å². The molecule has 0 bridgehead atoms. The number of alkyl halides is 3. The van der Waals surface area contributed by atoms with Gasteiger partial charge in [0.15, 0.2) is 0 Å². The average Bonchev–Trinajstić information content (AvgIpc) is 2.46. The first-order chi connectivity index (χ1) is 10.3. The maximum Gasteiger partial charge on any atom is 0.433 e. The Hall–Kier alpha value is -2.37. The summed E-state index contributed by atoms with van der Waals surface area (Å²) in [6, 6.07) is 9.98. The molecule has 22 heavy (non-hydrogen) atoms. The minimum Gasteiger partial charge on any atom is -0.440 e. The maximum atomic E-state index is 13.7. The van der Waals surface area contributed by atoms with E-state index in [9.17, 15) is 22.4 Å². The van der Waals surface area contributed by atoms with Crippen LogP contribution in [0.2, 0.25) is 0 Å². The molecule has 0 saturated heterocycles. The zero-order chi connectivity index (χ0) is 16.0. The first-order valence-corrected chi connectivity index (χ1v) is 6.47. The van der Waals surface area contributed by atoms with Crippen LogP contribution in [-0.4, -0.2) is 12.1 Å². The van der Waals surface area contributed by atoms with Gasteiger partial charge in [0.2, 0.25) is 5.60 Å². The molecule has 3 rings (SSSR count). The first-order valence-electron chi connectivity index (χ1n) is 6.47. The van der Waals surface area contributed by atoms with Crippen LogP contribution in [0.3, 0.4) is 0 Å². The van der Waals surface area contributed by atoms with Crippen LogP contribution >= 0.6 is 0 Å². The number of esters is 1. The van der Waals surface area contributed by atoms with E-state index in [4.69, 9.17) is 4.74 Å². The van der Waals surface area contributed by atoms with Crippen molar-refractivity contribution >= 4 is 5.97 Å². The quantitative estimate of drug-likeness (QED) is 0.588. The van der Waals surface area contributed by atoms with Gasteiger partial charge in [-0.05, 0) is 23.8 Å². The second-order valence-corrected chi connectivity index (χ2v) is 5.06. The summed E-state index contributed by atoms with van der Waals surface area (Å²) in [4.78, 5) is 12.0. The van der Waals surface area contributed by atoms with E-state index in [-0.39, 0.29) is 11.1 Å². The molecule has 1 heterocycles. The van der Waals surface area contributed by atoms with Gasteiger partial charge in [-0.3, -0.25) is 0 Å². The number of halogens is 4. The summed E-state index contributed by atoms with van der Waals surface area (Å²) >= 11 is 0. The maximum absolute atomic E-state index is 13.7. The third-order valence-electron chi connectivity index (χ3n) is 3.69. The van der Waals surface area contributed by atoms with E-state index in [0.717, 1.165) is 24.3 Å². The fourth-order valence-electron chi connectivity index (χ4n) is 2.61. The van der Waals surface area contributed by atoms with Crippen LogP contribution in [0, 0.1) is 5.82 Å². The van der Waals surface area contributed by atoms with Gasteiger partial charge in [-0.2, -0.15) is 13.2 Å². The molecule has 114 valence electrons. The van der Waals surface area contributed by atoms with Crippen molar-refractivity contribution in [1.82, 2.24) is 0 Å². The highest BCUT2D eigenvalue weighted by atomic mass is 19.4. The van der Waals surface area contributed by atoms with Crippen molar-refractivity contribution in [2.75, 3.05) is 0 Å². The molecule has 2 aromatic rings. The van der Waals surface area contributed by atoms with Crippen molar-refractivity contribution in [2.45, 2.75) is 18.2 Å². The van der Waals surface area contributed by atoms with Gasteiger partial charge >= 0.3 is 12.1 Å². The Morgan fingerprint density at radius 2 is 1.77 bits per heavy atom. The summed E-state index contributed by atoms with van der Waals surface area (Å²) in [6.07, 6.45) is -5.45. The van der Waals surface area contributed by atoms with Crippen molar-refractivity contribution in [3.63, 3.8) is 0 Å². The Kier molecular flexibility index (Phi) is 3.20. The third kappa shape index (κ3) is 2.15. The minimum absolute atomic E-state index is 0.0961. The number of rotatable bonds is 1. The highest BCUT2D eigenvalue weighted by Gasteiger charge is 2.61. The van der Waals surface area contributed by atoms with Crippen LogP contribution in [0.5, 0.6) is 0 Å². The molecule has 0 spiro atoms. The molecule has 0 unspecified atom stereocenters. The average molecular weight is 310 g/mol. The van der Waals surface area contributed by atoms with Crippen LogP contribution in [-0.2, 0) is 16.8 Å². The normalized spacial score (nSPS) is 21.2. The third-order valence-corrected chi connectivity index (χ3v) is 3.69. The summed E-state index contributed by atoms with van der Waals surface area (Å²) in [5.41, 5.74) is -2.98. The van der Waals surface area contributed by atoms with Crippen molar-refractivity contribution in [3.8, 4) is 0 Å². The number of hydrogen-bond acceptors (Lipinski definition) is 2. The Balaban J connectivity index is 2.20. The largest absolute Gasteiger partial charge is 0.440 e. The van der Waals surface area contributed by atoms with E-state index < -0.39 is 35.5 Å². The molecule has 0 fully saturated rings. The topological polar surface area (TPSA) is 26.3 Å². The Morgan fingerprint density at radius 3 is 2.45 bits per heavy atom. The molecular formula is C16H10F4O2. The lowest BCUT2D eigenvalue weighted by Gasteiger charge is -2.39. The second kappa shape index (κ2) is 4.83. The highest BCUT2D eigenvalue weighted by Crippen LogP contribution is 2.47. The van der Waals surface area contributed by atoms with Crippen LogP contribution in [0.15, 0.2) is 48.5 Å². The van der Waals surface area contributed by atoms with Crippen LogP contribution in [0.1, 0.15) is 21.5 Å². The van der Waals surface area contributed by atoms with Gasteiger partial charge in [-0.25, -0.2) is 9.18 Å². The zero-order valence-corrected chi connectivity index (χ0v) is 11.2. The van der Waals surface area contributed by atoms with E-state index >= 15 is 0 Å². The van der Waals surface area contributed by atoms with Gasteiger partial charge in [0.25, 0.3) is 0 Å². The number of carbonyl (C=O) groups excluding carboxylic acids is 1. The molecule has 0 aliphatic carbocycles. The fraction of sp³-hybridized carbons (Fsp3) is 0.188. The summed E-state index contributed by atoms with van der Waals surface area (Å²) in [6.45, 7) is 0. The smallest absolute Gasteiger partial charge is 0.433 e. The molecule has 2 aromatic carbocycles. The summed E-state index contributed by atoms with van der Waals surface area (Å²) < 4.78 is 59.2. The molecule has 0 saturated carbocycles. The molecule has 0 amide bonds. The van der Waals surface area contributed by atoms with Crippen molar-refractivity contribution < 1.29 is 27.1 Å². The molecular weight excluding hydrogens is 300 g/mol. The summed E-state index contributed by atoms with van der Waals surface area (Å²) in [7, 11) is 0. The SMILES string of the molecule is O=C1O[C@@](c2cccc(F)c2)(C(F)(F)F)Cc2ccccc21. The molecule has 1 aliphatic heterocycles. The lowest BCUT2D eigenvalue weighted by Crippen LogP contribution is -2.50. The zero-order valence-electron chi connectivity index (χ0n) is 11.2. The number of hydrogen-bond donors (Lipinski definition) is 0.